The summed E-state index contributed by atoms with van der Waals surface area (Å²) < 4.78 is 57.6. The minimum Gasteiger partial charge on any atom is -0.455 e. The Labute approximate surface area is 441 Å². The van der Waals surface area contributed by atoms with Crippen LogP contribution < -0.4 is 47.6 Å². The number of benzene rings is 10. The number of halogens is 5. The minimum atomic E-state index is -0.824. The van der Waals surface area contributed by atoms with Gasteiger partial charge in [0.1, 0.15) is 34.8 Å². The molecule has 0 spiro atoms. The summed E-state index contributed by atoms with van der Waals surface area (Å²) in [7, 11) is -1.65. The second-order valence-corrected chi connectivity index (χ2v) is 22.8. The van der Waals surface area contributed by atoms with Crippen LogP contribution in [-0.2, 0) is 5.41 Å². The smallest absolute Gasteiger partial charge is 0.139 e. The highest BCUT2D eigenvalue weighted by Gasteiger charge is 2.39. The Balaban J connectivity index is 0.000000184. The van der Waals surface area contributed by atoms with Crippen molar-refractivity contribution in [1.82, 2.24) is 0 Å². The highest BCUT2D eigenvalue weighted by Crippen LogP contribution is 2.52. The van der Waals surface area contributed by atoms with Crippen molar-refractivity contribution in [3.63, 3.8) is 0 Å². The maximum atomic E-state index is 12.6. The number of rotatable bonds is 8. The first-order valence-corrected chi connectivity index (χ1v) is 27.2. The van der Waals surface area contributed by atoms with Crippen molar-refractivity contribution in [2.75, 3.05) is 11.1 Å². The number of hydrogen-bond acceptors (Lipinski definition) is 3. The molecule has 364 valence electrons. The number of fused-ring (bicyclic) bond motifs is 2. The van der Waals surface area contributed by atoms with Crippen LogP contribution in [0.5, 0.6) is 11.5 Å². The summed E-state index contributed by atoms with van der Waals surface area (Å²) >= 11 is 2.13. The molecule has 11 rings (SSSR count). The summed E-state index contributed by atoms with van der Waals surface area (Å²) in [4.78, 5) is 0. The number of nitrogens with two attached hydrogens (primary N) is 1. The molecule has 1 heterocycles. The van der Waals surface area contributed by atoms with E-state index in [9.17, 15) is 17.6 Å². The molecule has 0 bridgehead atoms. The molecular weight excluding hydrogens is 1070 g/mol. The number of para-hydroxylation sites is 2. The Morgan fingerprint density at radius 1 is 0.384 bits per heavy atom. The van der Waals surface area contributed by atoms with Gasteiger partial charge in [-0.15, -0.1) is 0 Å². The van der Waals surface area contributed by atoms with E-state index in [0.717, 1.165) is 26.4 Å². The zero-order valence-corrected chi connectivity index (χ0v) is 44.0. The van der Waals surface area contributed by atoms with E-state index in [1.807, 2.05) is 0 Å². The predicted octanol–water partition coefficient (Wildman–Crippen LogP) is 15.2. The lowest BCUT2D eigenvalue weighted by Crippen LogP contribution is -2.32. The zero-order chi connectivity index (χ0) is 51.2. The monoisotopic (exact) mass is 1120 g/mol. The van der Waals surface area contributed by atoms with Gasteiger partial charge in [-0.05, 0) is 157 Å². The molecule has 0 aliphatic carbocycles. The maximum absolute atomic E-state index is 12.6. The molecule has 3 nitrogen and oxygen atoms in total. The number of anilines is 3. The van der Waals surface area contributed by atoms with Crippen LogP contribution in [0.1, 0.15) is 25.0 Å². The van der Waals surface area contributed by atoms with Crippen LogP contribution in [0.15, 0.2) is 255 Å². The van der Waals surface area contributed by atoms with Crippen LogP contribution in [0.4, 0.5) is 34.6 Å². The molecule has 0 atom stereocenters. The van der Waals surface area contributed by atoms with E-state index in [-0.39, 0.29) is 28.7 Å². The highest BCUT2D eigenvalue weighted by molar-refractivity contribution is 14.1. The number of ether oxygens (including phenoxy) is 1. The number of hydrogen-bond donors (Lipinski definition) is 2. The molecule has 1 aliphatic rings. The first kappa shape index (κ1) is 52.2. The van der Waals surface area contributed by atoms with Gasteiger partial charge in [-0.1, -0.05) is 172 Å². The lowest BCUT2D eigenvalue weighted by Gasteiger charge is -2.38. The zero-order valence-electron chi connectivity index (χ0n) is 40.0. The van der Waals surface area contributed by atoms with E-state index in [1.54, 1.807) is 36.4 Å². The van der Waals surface area contributed by atoms with Crippen molar-refractivity contribution in [2.45, 2.75) is 19.3 Å². The van der Waals surface area contributed by atoms with Gasteiger partial charge in [0, 0.05) is 47.8 Å². The van der Waals surface area contributed by atoms with Gasteiger partial charge < -0.3 is 15.8 Å². The normalized spacial score (nSPS) is 11.7. The second-order valence-electron chi connectivity index (χ2n) is 17.2. The lowest BCUT2D eigenvalue weighted by molar-refractivity contribution is 0.425. The highest BCUT2D eigenvalue weighted by atomic mass is 127. The minimum absolute atomic E-state index is 0.176. The Morgan fingerprint density at radius 2 is 0.685 bits per heavy atom. The lowest BCUT2D eigenvalue weighted by atomic mass is 9.76. The summed E-state index contributed by atoms with van der Waals surface area (Å²) in [6.07, 6.45) is 0. The van der Waals surface area contributed by atoms with Gasteiger partial charge in [0.25, 0.3) is 0 Å². The molecular formula is C63H51F4IN2OP2. The molecule has 73 heavy (non-hydrogen) atoms. The van der Waals surface area contributed by atoms with Gasteiger partial charge >= 0.3 is 0 Å². The first-order chi connectivity index (χ1) is 35.4. The van der Waals surface area contributed by atoms with Crippen LogP contribution in [0.3, 0.4) is 0 Å². The Morgan fingerprint density at radius 3 is 0.986 bits per heavy atom. The summed E-state index contributed by atoms with van der Waals surface area (Å²) in [5.74, 6) is 1.04. The summed E-state index contributed by atoms with van der Waals surface area (Å²) in [5, 5.41) is 10.8. The third-order valence-corrected chi connectivity index (χ3v) is 17.4. The summed E-state index contributed by atoms with van der Waals surface area (Å²) in [6, 6.07) is 81.2. The molecule has 3 N–H and O–H groups in total. The van der Waals surface area contributed by atoms with Crippen LogP contribution in [-0.4, -0.2) is 0 Å². The average molecular weight is 1120 g/mol. The summed E-state index contributed by atoms with van der Waals surface area (Å²) in [5.41, 5.74) is 9.64. The Hall–Kier alpha value is -7.09. The van der Waals surface area contributed by atoms with Crippen molar-refractivity contribution in [3.05, 3.63) is 293 Å². The first-order valence-electron chi connectivity index (χ1n) is 23.4. The third kappa shape index (κ3) is 13.7. The van der Waals surface area contributed by atoms with Gasteiger partial charge in [-0.3, -0.25) is 0 Å². The van der Waals surface area contributed by atoms with Crippen LogP contribution >= 0.6 is 38.4 Å². The van der Waals surface area contributed by atoms with Gasteiger partial charge in [-0.2, -0.15) is 0 Å². The fourth-order valence-corrected chi connectivity index (χ4v) is 13.3. The Kier molecular flexibility index (Phi) is 17.9. The van der Waals surface area contributed by atoms with Gasteiger partial charge in [-0.25, -0.2) is 17.6 Å². The number of nitrogen functional groups attached to an aromatic ring is 1. The predicted molar refractivity (Wildman–Crippen MR) is 309 cm³/mol. The number of nitrogens with one attached hydrogen (secondary N) is 1. The van der Waals surface area contributed by atoms with Crippen molar-refractivity contribution in [2.24, 2.45) is 0 Å². The molecule has 10 aromatic carbocycles. The molecule has 10 heteroatoms. The summed E-state index contributed by atoms with van der Waals surface area (Å²) in [6.45, 7) is 4.70. The van der Waals surface area contributed by atoms with Gasteiger partial charge in [0.15, 0.2) is 0 Å². The molecule has 0 saturated heterocycles. The van der Waals surface area contributed by atoms with Crippen LogP contribution in [0, 0.1) is 26.8 Å². The third-order valence-electron chi connectivity index (χ3n) is 11.7. The van der Waals surface area contributed by atoms with Crippen molar-refractivity contribution in [1.29, 1.82) is 0 Å². The molecule has 0 fully saturated rings. The largest absolute Gasteiger partial charge is 0.455 e. The Bertz CT molecular complexity index is 2960. The van der Waals surface area contributed by atoms with Crippen molar-refractivity contribution < 1.29 is 22.3 Å². The maximum Gasteiger partial charge on any atom is 0.139 e. The second kappa shape index (κ2) is 25.0. The topological polar surface area (TPSA) is 47.3 Å². The van der Waals surface area contributed by atoms with E-state index in [4.69, 9.17) is 10.5 Å². The van der Waals surface area contributed by atoms with E-state index in [2.05, 4.69) is 199 Å². The molecule has 10 aromatic rings. The van der Waals surface area contributed by atoms with E-state index >= 15 is 0 Å². The quantitative estimate of drug-likeness (QED) is 0.0690. The van der Waals surface area contributed by atoms with Gasteiger partial charge in [0.2, 0.25) is 0 Å². The molecule has 0 radical (unpaired) electrons. The van der Waals surface area contributed by atoms with Crippen LogP contribution in [0.25, 0.3) is 0 Å². The fraction of sp³-hybridized carbons (Fsp3) is 0.0476. The molecule has 1 aliphatic heterocycles. The van der Waals surface area contributed by atoms with Crippen molar-refractivity contribution in [3.8, 4) is 11.5 Å². The average Bonchev–Trinajstić information content (AvgIpc) is 3.42. The van der Waals surface area contributed by atoms with Crippen molar-refractivity contribution >= 4 is 87.3 Å². The standard InChI is InChI=1S/C39H32OP2.C12H9F2N.C6H4FI.C6H6FN/c1-39(2)33-25-15-27-35(41(29-17-7-3-8-18-29)30-19-9-4-10-20-30)37(33)40-38-34(39)26-16-28-36(38)42(31-21-11-5-12-22-31)32-23-13-6-14-24-32;13-9-1-5-11(6-2-9)15-12-7-3-10(14)4-8-12;2*7-5-1-3-6(8)4-2-5/h3-28H,1-2H3;1-8,15H;1-4H;1-4H,8H2. The van der Waals surface area contributed by atoms with Crippen LogP contribution in [0.2, 0.25) is 0 Å². The molecule has 0 unspecified atom stereocenters. The van der Waals surface area contributed by atoms with E-state index < -0.39 is 15.8 Å². The van der Waals surface area contributed by atoms with E-state index in [0.29, 0.717) is 5.69 Å². The molecule has 0 amide bonds. The fourth-order valence-electron chi connectivity index (χ4n) is 8.14. The molecule has 0 saturated carbocycles. The van der Waals surface area contributed by atoms with E-state index in [1.165, 1.54) is 104 Å². The van der Waals surface area contributed by atoms with Gasteiger partial charge in [0.05, 0.1) is 0 Å². The molecule has 0 aromatic heterocycles. The SMILES string of the molecule is CC1(C)c2cccc(P(c3ccccc3)c3ccccc3)c2Oc2c(P(c3ccccc3)c3ccccc3)cccc21.Fc1ccc(I)cc1.Fc1ccc(Nc2ccc(F)cc2)cc1.Nc1ccc(F)cc1.